The standard InChI is InChI=1S/C3H5.CH3.H2O.2W.Y/c1-3-2;;;;;/h1H2,2H3;1H3;1H2;;;/q2*-1;;;;. The molecule has 0 heterocycles. The van der Waals surface area contributed by atoms with E-state index in [4.69, 9.17) is 0 Å². The summed E-state index contributed by atoms with van der Waals surface area (Å²) in [5.74, 6) is 0. The Labute approximate surface area is 106 Å². The van der Waals surface area contributed by atoms with Crippen molar-refractivity contribution in [3.63, 3.8) is 0 Å². The zero-order chi connectivity index (χ0) is 2.71. The molecule has 4 heteroatoms. The van der Waals surface area contributed by atoms with E-state index >= 15 is 0 Å². The summed E-state index contributed by atoms with van der Waals surface area (Å²) in [6.45, 7) is 5.00. The van der Waals surface area contributed by atoms with Crippen LogP contribution in [0.3, 0.4) is 0 Å². The van der Waals surface area contributed by atoms with Crippen LogP contribution in [0.2, 0.25) is 0 Å². The first-order valence-electron chi connectivity index (χ1n) is 0.854. The third kappa shape index (κ3) is 88.7. The van der Waals surface area contributed by atoms with Gasteiger partial charge in [-0.15, -0.1) is 0 Å². The molecule has 0 aliphatic carbocycles. The van der Waals surface area contributed by atoms with Gasteiger partial charge in [-0.05, 0) is 0 Å². The van der Waals surface area contributed by atoms with E-state index in [2.05, 4.69) is 12.7 Å². The number of rotatable bonds is 0. The second kappa shape index (κ2) is 60.7. The number of hydrogen-bond acceptors (Lipinski definition) is 0. The summed E-state index contributed by atoms with van der Waals surface area (Å²) in [6.07, 6.45) is 2.50. The Balaban J connectivity index is -0.00000000200. The quantitative estimate of drug-likeness (QED) is 0.412. The Bertz CT molecular complexity index is 21.5. The summed E-state index contributed by atoms with van der Waals surface area (Å²) in [5, 5.41) is 0. The maximum Gasteiger partial charge on any atom is 0 e. The molecule has 0 bridgehead atoms. The molecule has 0 aromatic heterocycles. The molecule has 0 rings (SSSR count). The van der Waals surface area contributed by atoms with Crippen molar-refractivity contribution < 1.29 is 80.3 Å². The van der Waals surface area contributed by atoms with Crippen LogP contribution in [0.1, 0.15) is 6.92 Å². The molecule has 0 atom stereocenters. The predicted molar refractivity (Wildman–Crippen MR) is 24.6 cm³/mol. The maximum absolute atomic E-state index is 3.24. The second-order valence-electron chi connectivity index (χ2n) is 0.354. The van der Waals surface area contributed by atoms with Gasteiger partial charge in [0.1, 0.15) is 0 Å². The van der Waals surface area contributed by atoms with E-state index in [9.17, 15) is 0 Å². The van der Waals surface area contributed by atoms with Crippen LogP contribution in [0, 0.1) is 13.5 Å². The van der Waals surface area contributed by atoms with Crippen LogP contribution < -0.4 is 0 Å². The first-order valence-corrected chi connectivity index (χ1v) is 0.854. The third-order valence-corrected chi connectivity index (χ3v) is 0. The zero-order valence-corrected chi connectivity index (χ0v) is 13.8. The molecular weight excluding hydrogens is 521 g/mol. The van der Waals surface area contributed by atoms with Crippen molar-refractivity contribution in [3.05, 3.63) is 20.1 Å². The Hall–Kier alpha value is 2.18. The molecule has 8 heavy (non-hydrogen) atoms. The monoisotopic (exact) mass is 531 g/mol. The topological polar surface area (TPSA) is 31.5 Å². The smallest absolute Gasteiger partial charge is 0 e. The summed E-state index contributed by atoms with van der Waals surface area (Å²) in [6, 6.07) is 0. The molecule has 49 valence electrons. The fourth-order valence-corrected chi connectivity index (χ4v) is 0. The van der Waals surface area contributed by atoms with Crippen LogP contribution in [0.4, 0.5) is 0 Å². The van der Waals surface area contributed by atoms with Crippen LogP contribution in [-0.2, 0) is 74.8 Å². The molecule has 0 aliphatic heterocycles. The van der Waals surface area contributed by atoms with Crippen molar-refractivity contribution in [2.45, 2.75) is 6.92 Å². The molecule has 0 aliphatic rings. The summed E-state index contributed by atoms with van der Waals surface area (Å²) < 4.78 is 0. The number of allylic oxidation sites excluding steroid dienone is 1. The van der Waals surface area contributed by atoms with Crippen molar-refractivity contribution in [2.75, 3.05) is 0 Å². The van der Waals surface area contributed by atoms with Crippen LogP contribution in [0.5, 0.6) is 0 Å². The van der Waals surface area contributed by atoms with E-state index < -0.39 is 0 Å². The molecule has 1 nitrogen and oxygen atoms in total. The van der Waals surface area contributed by atoms with Gasteiger partial charge < -0.3 is 19.0 Å². The molecule has 2 N–H and O–H groups in total. The largest absolute Gasteiger partial charge is 0.507 e. The molecule has 0 unspecified atom stereocenters. The first kappa shape index (κ1) is 49.1. The van der Waals surface area contributed by atoms with Crippen molar-refractivity contribution in [1.29, 1.82) is 0 Å². The van der Waals surface area contributed by atoms with Crippen molar-refractivity contribution >= 4 is 0 Å². The molecule has 0 aromatic rings. The maximum atomic E-state index is 3.24. The van der Waals surface area contributed by atoms with Gasteiger partial charge in [0.15, 0.2) is 0 Å². The van der Waals surface area contributed by atoms with E-state index in [1.807, 2.05) is 0 Å². The van der Waals surface area contributed by atoms with Gasteiger partial charge in [0.25, 0.3) is 0 Å². The summed E-state index contributed by atoms with van der Waals surface area (Å²) >= 11 is 0. The minimum atomic E-state index is 0. The normalized spacial score (nSPS) is 1.62. The van der Waals surface area contributed by atoms with Gasteiger partial charge in [-0.25, -0.2) is 0 Å². The van der Waals surface area contributed by atoms with Crippen LogP contribution in [-0.4, -0.2) is 5.48 Å². The van der Waals surface area contributed by atoms with Gasteiger partial charge in [-0.1, -0.05) is 0 Å². The van der Waals surface area contributed by atoms with Crippen LogP contribution >= 0.6 is 0 Å². The van der Waals surface area contributed by atoms with Crippen molar-refractivity contribution in [3.8, 4) is 0 Å². The molecule has 0 fully saturated rings. The molecule has 0 saturated carbocycles. The number of hydrogen-bond donors (Lipinski definition) is 0. The summed E-state index contributed by atoms with van der Waals surface area (Å²) in [4.78, 5) is 0. The van der Waals surface area contributed by atoms with Gasteiger partial charge in [-0.3, -0.25) is 6.58 Å². The van der Waals surface area contributed by atoms with E-state index in [0.29, 0.717) is 0 Å². The fourth-order valence-electron chi connectivity index (χ4n) is 0. The molecule has 0 amide bonds. The van der Waals surface area contributed by atoms with Crippen molar-refractivity contribution in [2.24, 2.45) is 0 Å². The minimum Gasteiger partial charge on any atom is -0.507 e. The Morgan fingerprint density at radius 2 is 1.25 bits per heavy atom. The molecule has 1 radical (unpaired) electrons. The minimum absolute atomic E-state index is 0. The Kier molecular flexibility index (Phi) is 373. The van der Waals surface area contributed by atoms with Gasteiger partial charge in [0.2, 0.25) is 0 Å². The van der Waals surface area contributed by atoms with Gasteiger partial charge >= 0.3 is 0 Å². The third-order valence-electron chi connectivity index (χ3n) is 0. The molecule has 0 saturated heterocycles. The second-order valence-corrected chi connectivity index (χ2v) is 0.354. The fraction of sp³-hybridized carbons (Fsp3) is 0.250. The van der Waals surface area contributed by atoms with Gasteiger partial charge in [-0.2, -0.15) is 6.92 Å². The Morgan fingerprint density at radius 3 is 1.25 bits per heavy atom. The van der Waals surface area contributed by atoms with Gasteiger partial charge in [0, 0.05) is 74.8 Å². The van der Waals surface area contributed by atoms with E-state index in [1.54, 1.807) is 6.92 Å². The van der Waals surface area contributed by atoms with Crippen molar-refractivity contribution in [1.82, 2.24) is 0 Å². The van der Waals surface area contributed by atoms with E-state index in [0.717, 1.165) is 0 Å². The molecule has 0 spiro atoms. The van der Waals surface area contributed by atoms with E-state index in [1.165, 1.54) is 0 Å². The predicted octanol–water partition coefficient (Wildman–Crippen LogP) is 0.614. The average molecular weight is 531 g/mol. The van der Waals surface area contributed by atoms with E-state index in [-0.39, 0.29) is 87.7 Å². The summed E-state index contributed by atoms with van der Waals surface area (Å²) in [5.41, 5.74) is 0. The SMILES string of the molecule is C=[C-]C.O.[CH3-].[W].[W].[Y]. The first-order chi connectivity index (χ1) is 1.41. The van der Waals surface area contributed by atoms with Crippen LogP contribution in [0.25, 0.3) is 0 Å². The Morgan fingerprint density at radius 1 is 1.25 bits per heavy atom. The van der Waals surface area contributed by atoms with Crippen LogP contribution in [0.15, 0.2) is 6.58 Å². The average Bonchev–Trinajstić information content (AvgIpc) is 0.918. The zero-order valence-electron chi connectivity index (χ0n) is 5.10. The summed E-state index contributed by atoms with van der Waals surface area (Å²) in [7, 11) is 0. The van der Waals surface area contributed by atoms with Gasteiger partial charge in [0.05, 0.1) is 0 Å². The molecule has 0 aromatic carbocycles. The molecular formula is C4H10OW2Y-2.